The first kappa shape index (κ1) is 13.9. The highest BCUT2D eigenvalue weighted by molar-refractivity contribution is 6.31. The van der Waals surface area contributed by atoms with Crippen LogP contribution in [0.4, 0.5) is 0 Å². The van der Waals surface area contributed by atoms with Crippen molar-refractivity contribution < 1.29 is 4.74 Å². The van der Waals surface area contributed by atoms with Crippen molar-refractivity contribution in [1.29, 1.82) is 0 Å². The van der Waals surface area contributed by atoms with Crippen molar-refractivity contribution in [3.05, 3.63) is 45.7 Å². The molecular weight excluding hydrogens is 260 g/mol. The van der Waals surface area contributed by atoms with Gasteiger partial charge < -0.3 is 4.74 Å². The number of halogens is 1. The van der Waals surface area contributed by atoms with E-state index in [1.165, 1.54) is 11.1 Å². The highest BCUT2D eigenvalue weighted by Gasteiger charge is 2.13. The molecule has 0 spiro atoms. The summed E-state index contributed by atoms with van der Waals surface area (Å²) in [6, 6.07) is 6.18. The molecule has 0 saturated carbocycles. The average molecular weight is 279 g/mol. The number of rotatable bonds is 4. The molecule has 0 bridgehead atoms. The summed E-state index contributed by atoms with van der Waals surface area (Å²) in [7, 11) is 0. The quantitative estimate of drug-likeness (QED) is 0.843. The smallest absolute Gasteiger partial charge is 0.131 e. The third kappa shape index (κ3) is 3.10. The van der Waals surface area contributed by atoms with Crippen molar-refractivity contribution >= 4 is 11.6 Å². The maximum atomic E-state index is 6.26. The van der Waals surface area contributed by atoms with Gasteiger partial charge in [-0.05, 0) is 51.0 Å². The number of nitrogens with zero attached hydrogens (tertiary/aromatic N) is 2. The van der Waals surface area contributed by atoms with Gasteiger partial charge in [0.05, 0.1) is 16.4 Å². The molecule has 3 nitrogen and oxygen atoms in total. The molecule has 4 heteroatoms. The van der Waals surface area contributed by atoms with E-state index in [1.807, 2.05) is 30.7 Å². The van der Waals surface area contributed by atoms with Crippen molar-refractivity contribution in [3.63, 3.8) is 0 Å². The molecule has 0 aliphatic heterocycles. The third-order valence-electron chi connectivity index (χ3n) is 3.02. The van der Waals surface area contributed by atoms with Crippen LogP contribution in [0, 0.1) is 20.8 Å². The first-order valence-corrected chi connectivity index (χ1v) is 6.82. The molecule has 0 unspecified atom stereocenters. The average Bonchev–Trinajstić information content (AvgIpc) is 2.62. The molecule has 0 saturated heterocycles. The topological polar surface area (TPSA) is 27.1 Å². The summed E-state index contributed by atoms with van der Waals surface area (Å²) in [5.41, 5.74) is 4.17. The van der Waals surface area contributed by atoms with E-state index >= 15 is 0 Å². The van der Waals surface area contributed by atoms with Crippen molar-refractivity contribution in [1.82, 2.24) is 9.78 Å². The Balaban J connectivity index is 2.18. The van der Waals surface area contributed by atoms with E-state index in [9.17, 15) is 0 Å². The Morgan fingerprint density at radius 2 is 1.79 bits per heavy atom. The minimum Gasteiger partial charge on any atom is -0.487 e. The molecule has 1 aromatic carbocycles. The lowest BCUT2D eigenvalue weighted by Crippen LogP contribution is -2.06. The fourth-order valence-electron chi connectivity index (χ4n) is 2.17. The number of hydrogen-bond donors (Lipinski definition) is 0. The zero-order valence-corrected chi connectivity index (χ0v) is 12.6. The van der Waals surface area contributed by atoms with E-state index < -0.39 is 0 Å². The highest BCUT2D eigenvalue weighted by atomic mass is 35.5. The number of aromatic nitrogens is 2. The van der Waals surface area contributed by atoms with Crippen LogP contribution in [-0.2, 0) is 13.2 Å². The molecule has 0 aliphatic rings. The van der Waals surface area contributed by atoms with Gasteiger partial charge in [0.15, 0.2) is 0 Å². The zero-order valence-electron chi connectivity index (χ0n) is 11.8. The van der Waals surface area contributed by atoms with E-state index in [1.54, 1.807) is 0 Å². The number of hydrogen-bond acceptors (Lipinski definition) is 2. The summed E-state index contributed by atoms with van der Waals surface area (Å²) in [5, 5.41) is 5.08. The normalized spacial score (nSPS) is 10.8. The van der Waals surface area contributed by atoms with Crippen LogP contribution in [0.2, 0.25) is 5.02 Å². The summed E-state index contributed by atoms with van der Waals surface area (Å²) < 4.78 is 7.73. The number of benzene rings is 1. The zero-order chi connectivity index (χ0) is 14.0. The molecule has 2 aromatic rings. The van der Waals surface area contributed by atoms with Gasteiger partial charge in [-0.2, -0.15) is 5.10 Å². The van der Waals surface area contributed by atoms with Crippen LogP contribution in [-0.4, -0.2) is 9.78 Å². The minimum absolute atomic E-state index is 0.441. The first-order valence-electron chi connectivity index (χ1n) is 6.44. The van der Waals surface area contributed by atoms with E-state index in [0.717, 1.165) is 23.7 Å². The summed E-state index contributed by atoms with van der Waals surface area (Å²) in [6.07, 6.45) is 0. The molecule has 19 heavy (non-hydrogen) atoms. The molecule has 0 N–H and O–H groups in total. The molecule has 2 rings (SSSR count). The van der Waals surface area contributed by atoms with Gasteiger partial charge in [-0.3, -0.25) is 4.68 Å². The molecule has 1 heterocycles. The largest absolute Gasteiger partial charge is 0.487 e. The van der Waals surface area contributed by atoms with Gasteiger partial charge in [-0.1, -0.05) is 17.7 Å². The van der Waals surface area contributed by atoms with E-state index in [0.29, 0.717) is 11.6 Å². The van der Waals surface area contributed by atoms with E-state index in [2.05, 4.69) is 25.0 Å². The highest BCUT2D eigenvalue weighted by Crippen LogP contribution is 2.23. The van der Waals surface area contributed by atoms with Crippen LogP contribution in [0.1, 0.15) is 29.4 Å². The second-order valence-electron chi connectivity index (χ2n) is 4.77. The Labute approximate surface area is 119 Å². The molecule has 1 aromatic heterocycles. The summed E-state index contributed by atoms with van der Waals surface area (Å²) in [6.45, 7) is 9.31. The van der Waals surface area contributed by atoms with Crippen LogP contribution in [0.15, 0.2) is 18.2 Å². The van der Waals surface area contributed by atoms with Crippen LogP contribution in [0.25, 0.3) is 0 Å². The van der Waals surface area contributed by atoms with Gasteiger partial charge in [0, 0.05) is 6.54 Å². The fourth-order valence-corrected chi connectivity index (χ4v) is 2.36. The molecule has 0 atom stereocenters. The van der Waals surface area contributed by atoms with Crippen LogP contribution in [0.5, 0.6) is 5.75 Å². The lowest BCUT2D eigenvalue weighted by molar-refractivity contribution is 0.292. The van der Waals surface area contributed by atoms with E-state index in [4.69, 9.17) is 16.3 Å². The van der Waals surface area contributed by atoms with Gasteiger partial charge in [-0.25, -0.2) is 0 Å². The Kier molecular flexibility index (Phi) is 4.15. The van der Waals surface area contributed by atoms with Gasteiger partial charge in [0.25, 0.3) is 0 Å². The summed E-state index contributed by atoms with van der Waals surface area (Å²) in [5.74, 6) is 0.870. The maximum absolute atomic E-state index is 6.26. The lowest BCUT2D eigenvalue weighted by atomic mass is 10.1. The first-order chi connectivity index (χ1) is 9.01. The van der Waals surface area contributed by atoms with Crippen molar-refractivity contribution in [2.45, 2.75) is 40.8 Å². The molecule has 0 radical (unpaired) electrons. The second-order valence-corrected chi connectivity index (χ2v) is 5.15. The molecule has 0 amide bonds. The number of aryl methyl sites for hydroxylation is 4. The Morgan fingerprint density at radius 3 is 2.37 bits per heavy atom. The summed E-state index contributed by atoms with van der Waals surface area (Å²) in [4.78, 5) is 0. The van der Waals surface area contributed by atoms with E-state index in [-0.39, 0.29) is 0 Å². The van der Waals surface area contributed by atoms with Gasteiger partial charge >= 0.3 is 0 Å². The standard InChI is InChI=1S/C15H19ClN2O/c1-5-18-14(15(16)12(4)17-18)9-19-13-7-10(2)6-11(3)8-13/h6-8H,5,9H2,1-4H3. The Hall–Kier alpha value is -1.48. The van der Waals surface area contributed by atoms with Crippen molar-refractivity contribution in [2.75, 3.05) is 0 Å². The van der Waals surface area contributed by atoms with Gasteiger partial charge in [0.1, 0.15) is 12.4 Å². The third-order valence-corrected chi connectivity index (χ3v) is 3.52. The van der Waals surface area contributed by atoms with Crippen LogP contribution in [0.3, 0.4) is 0 Å². The van der Waals surface area contributed by atoms with Crippen molar-refractivity contribution in [3.8, 4) is 5.75 Å². The SMILES string of the molecule is CCn1nc(C)c(Cl)c1COc1cc(C)cc(C)c1. The Bertz CT molecular complexity index is 570. The number of ether oxygens (including phenoxy) is 1. The predicted molar refractivity (Wildman–Crippen MR) is 77.9 cm³/mol. The van der Waals surface area contributed by atoms with Gasteiger partial charge in [-0.15, -0.1) is 0 Å². The predicted octanol–water partition coefficient (Wildman–Crippen LogP) is 4.06. The second kappa shape index (κ2) is 5.66. The molecule has 102 valence electrons. The van der Waals surface area contributed by atoms with Crippen LogP contribution < -0.4 is 4.74 Å². The minimum atomic E-state index is 0.441. The van der Waals surface area contributed by atoms with Gasteiger partial charge in [0.2, 0.25) is 0 Å². The monoisotopic (exact) mass is 278 g/mol. The molecule has 0 fully saturated rings. The molecule has 0 aliphatic carbocycles. The maximum Gasteiger partial charge on any atom is 0.131 e. The lowest BCUT2D eigenvalue weighted by Gasteiger charge is -2.10. The fraction of sp³-hybridized carbons (Fsp3) is 0.400. The molecular formula is C15H19ClN2O. The van der Waals surface area contributed by atoms with Crippen LogP contribution >= 0.6 is 11.6 Å². The summed E-state index contributed by atoms with van der Waals surface area (Å²) >= 11 is 6.26. The van der Waals surface area contributed by atoms with Crippen molar-refractivity contribution in [2.24, 2.45) is 0 Å². The Morgan fingerprint density at radius 1 is 1.16 bits per heavy atom.